The zero-order chi connectivity index (χ0) is 10.9. The Morgan fingerprint density at radius 3 is 1.85 bits per heavy atom. The maximum atomic E-state index is 9.71. The molecule has 2 N–H and O–H groups in total. The van der Waals surface area contributed by atoms with Crippen LogP contribution in [0.3, 0.4) is 0 Å². The van der Waals surface area contributed by atoms with Gasteiger partial charge in [0, 0.05) is 6.42 Å². The van der Waals surface area contributed by atoms with Gasteiger partial charge >= 0.3 is 5.97 Å². The summed E-state index contributed by atoms with van der Waals surface area (Å²) in [6.45, 7) is 6.16. The molecule has 0 spiro atoms. The SMILES string of the molecule is C=CCCC(=O)O.C=CS(=O)(=O)O. The Morgan fingerprint density at radius 1 is 1.38 bits per heavy atom. The summed E-state index contributed by atoms with van der Waals surface area (Å²) in [5.74, 6) is -0.764. The summed E-state index contributed by atoms with van der Waals surface area (Å²) in [5, 5.41) is 8.46. The monoisotopic (exact) mass is 208 g/mol. The molecule has 0 saturated heterocycles. The van der Waals surface area contributed by atoms with Crippen LogP contribution < -0.4 is 0 Å². The van der Waals surface area contributed by atoms with E-state index in [0.29, 0.717) is 11.8 Å². The summed E-state index contributed by atoms with van der Waals surface area (Å²) < 4.78 is 26.6. The van der Waals surface area contributed by atoms with Crippen molar-refractivity contribution in [1.82, 2.24) is 0 Å². The molecule has 0 aliphatic carbocycles. The minimum absolute atomic E-state index is 0.198. The maximum Gasteiger partial charge on any atom is 0.303 e. The van der Waals surface area contributed by atoms with Gasteiger partial charge < -0.3 is 5.11 Å². The fourth-order valence-corrected chi connectivity index (χ4v) is 0.226. The van der Waals surface area contributed by atoms with Crippen LogP contribution in [0.2, 0.25) is 0 Å². The molecule has 0 aliphatic rings. The van der Waals surface area contributed by atoms with Crippen LogP contribution in [0, 0.1) is 0 Å². The van der Waals surface area contributed by atoms with Crippen molar-refractivity contribution >= 4 is 16.1 Å². The molecule has 0 unspecified atom stereocenters. The molecule has 0 radical (unpaired) electrons. The predicted octanol–water partition coefficient (Wildman–Crippen LogP) is 1.05. The summed E-state index contributed by atoms with van der Waals surface area (Å²) in [5.41, 5.74) is 0. The van der Waals surface area contributed by atoms with E-state index in [-0.39, 0.29) is 6.42 Å². The van der Waals surface area contributed by atoms with E-state index in [0.717, 1.165) is 0 Å². The maximum absolute atomic E-state index is 9.71. The quantitative estimate of drug-likeness (QED) is 0.532. The van der Waals surface area contributed by atoms with E-state index >= 15 is 0 Å². The highest BCUT2D eigenvalue weighted by Crippen LogP contribution is 1.86. The van der Waals surface area contributed by atoms with Crippen LogP contribution in [0.1, 0.15) is 12.8 Å². The molecule has 76 valence electrons. The van der Waals surface area contributed by atoms with E-state index in [4.69, 9.17) is 9.66 Å². The van der Waals surface area contributed by atoms with E-state index in [1.807, 2.05) is 0 Å². The molecular weight excluding hydrogens is 196 g/mol. The Kier molecular flexibility index (Phi) is 8.31. The van der Waals surface area contributed by atoms with Crippen LogP contribution in [0.15, 0.2) is 24.6 Å². The van der Waals surface area contributed by atoms with Crippen LogP contribution in [-0.4, -0.2) is 24.0 Å². The van der Waals surface area contributed by atoms with Crippen molar-refractivity contribution in [1.29, 1.82) is 0 Å². The van der Waals surface area contributed by atoms with Gasteiger partial charge in [0.15, 0.2) is 0 Å². The topological polar surface area (TPSA) is 91.7 Å². The summed E-state index contributed by atoms with van der Waals surface area (Å²) in [6.07, 6.45) is 2.35. The molecule has 0 bridgehead atoms. The Labute approximate surface area is 77.1 Å². The lowest BCUT2D eigenvalue weighted by atomic mass is 10.3. The third-order valence-corrected chi connectivity index (χ3v) is 1.19. The fourth-order valence-electron chi connectivity index (χ4n) is 0.226. The largest absolute Gasteiger partial charge is 0.481 e. The van der Waals surface area contributed by atoms with E-state index < -0.39 is 16.1 Å². The number of hydrogen-bond donors (Lipinski definition) is 2. The lowest BCUT2D eigenvalue weighted by Gasteiger charge is -1.82. The van der Waals surface area contributed by atoms with Gasteiger partial charge in [0.25, 0.3) is 10.1 Å². The van der Waals surface area contributed by atoms with Crippen LogP contribution in [0.25, 0.3) is 0 Å². The molecule has 0 aliphatic heterocycles. The van der Waals surface area contributed by atoms with Crippen LogP contribution >= 0.6 is 0 Å². The Morgan fingerprint density at radius 2 is 1.77 bits per heavy atom. The van der Waals surface area contributed by atoms with Gasteiger partial charge in [-0.2, -0.15) is 8.42 Å². The van der Waals surface area contributed by atoms with Crippen molar-refractivity contribution in [3.63, 3.8) is 0 Å². The first-order chi connectivity index (χ1) is 5.83. The number of carbonyl (C=O) groups is 1. The number of carboxylic acids is 1. The van der Waals surface area contributed by atoms with Gasteiger partial charge in [0.05, 0.1) is 5.41 Å². The van der Waals surface area contributed by atoms with Crippen LogP contribution in [0.4, 0.5) is 0 Å². The average Bonchev–Trinajstić information content (AvgIpc) is 2.01. The number of carboxylic acid groups (broad SMARTS) is 1. The van der Waals surface area contributed by atoms with Crippen molar-refractivity contribution in [2.24, 2.45) is 0 Å². The lowest BCUT2D eigenvalue weighted by Crippen LogP contribution is -1.90. The molecular formula is C7H12O5S. The lowest BCUT2D eigenvalue weighted by molar-refractivity contribution is -0.136. The molecule has 0 amide bonds. The van der Waals surface area contributed by atoms with Crippen LogP contribution in [0.5, 0.6) is 0 Å². The van der Waals surface area contributed by atoms with E-state index in [1.54, 1.807) is 6.08 Å². The number of aliphatic carboxylic acids is 1. The standard InChI is InChI=1S/C5H8O2.C2H4O3S/c1-2-3-4-5(6)7;1-2-6(3,4)5/h2H,1,3-4H2,(H,6,7);2H,1H2,(H,3,4,5). The first-order valence-electron chi connectivity index (χ1n) is 3.26. The normalized spacial score (nSPS) is 9.31. The van der Waals surface area contributed by atoms with Gasteiger partial charge in [-0.1, -0.05) is 12.7 Å². The van der Waals surface area contributed by atoms with E-state index in [1.165, 1.54) is 0 Å². The smallest absolute Gasteiger partial charge is 0.303 e. The molecule has 0 heterocycles. The minimum Gasteiger partial charge on any atom is -0.481 e. The summed E-state index contributed by atoms with van der Waals surface area (Å²) in [4.78, 5) is 9.71. The summed E-state index contributed by atoms with van der Waals surface area (Å²) in [6, 6.07) is 0. The highest BCUT2D eigenvalue weighted by Gasteiger charge is 1.89. The first kappa shape index (κ1) is 14.4. The number of hydrogen-bond acceptors (Lipinski definition) is 3. The number of allylic oxidation sites excluding steroid dienone is 1. The Bertz CT molecular complexity index is 253. The predicted molar refractivity (Wildman–Crippen MR) is 48.8 cm³/mol. The fraction of sp³-hybridized carbons (Fsp3) is 0.286. The molecule has 13 heavy (non-hydrogen) atoms. The van der Waals surface area contributed by atoms with Gasteiger partial charge in [-0.25, -0.2) is 0 Å². The van der Waals surface area contributed by atoms with Crippen molar-refractivity contribution in [2.75, 3.05) is 0 Å². The molecule has 0 fully saturated rings. The van der Waals surface area contributed by atoms with E-state index in [2.05, 4.69) is 13.2 Å². The molecule has 0 atom stereocenters. The third-order valence-electron chi connectivity index (χ3n) is 0.773. The van der Waals surface area contributed by atoms with Gasteiger partial charge in [-0.05, 0) is 6.42 Å². The Hall–Kier alpha value is -1.14. The van der Waals surface area contributed by atoms with Crippen molar-refractivity contribution < 1.29 is 22.9 Å². The van der Waals surface area contributed by atoms with Crippen molar-refractivity contribution in [3.05, 3.63) is 24.6 Å². The molecule has 0 saturated carbocycles. The van der Waals surface area contributed by atoms with Crippen LogP contribution in [-0.2, 0) is 14.9 Å². The molecule has 0 aromatic rings. The zero-order valence-corrected chi connectivity index (χ0v) is 7.83. The van der Waals surface area contributed by atoms with Gasteiger partial charge in [0.2, 0.25) is 0 Å². The van der Waals surface area contributed by atoms with Crippen molar-refractivity contribution in [2.45, 2.75) is 12.8 Å². The third kappa shape index (κ3) is 24.8. The summed E-state index contributed by atoms with van der Waals surface area (Å²) in [7, 11) is -3.90. The minimum atomic E-state index is -3.90. The summed E-state index contributed by atoms with van der Waals surface area (Å²) >= 11 is 0. The highest BCUT2D eigenvalue weighted by atomic mass is 32.2. The first-order valence-corrected chi connectivity index (χ1v) is 4.76. The zero-order valence-electron chi connectivity index (χ0n) is 7.01. The second-order valence-corrected chi connectivity index (χ2v) is 3.27. The molecule has 6 heteroatoms. The number of rotatable bonds is 4. The van der Waals surface area contributed by atoms with Gasteiger partial charge in [0.1, 0.15) is 0 Å². The second-order valence-electron chi connectivity index (χ2n) is 1.90. The highest BCUT2D eigenvalue weighted by molar-refractivity contribution is 7.88. The van der Waals surface area contributed by atoms with E-state index in [9.17, 15) is 13.2 Å². The second kappa shape index (κ2) is 7.51. The van der Waals surface area contributed by atoms with Gasteiger partial charge in [-0.3, -0.25) is 9.35 Å². The molecule has 0 aromatic heterocycles. The molecule has 5 nitrogen and oxygen atoms in total. The van der Waals surface area contributed by atoms with Crippen molar-refractivity contribution in [3.8, 4) is 0 Å². The molecule has 0 rings (SSSR count). The molecule has 0 aromatic carbocycles. The van der Waals surface area contributed by atoms with Gasteiger partial charge in [-0.15, -0.1) is 6.58 Å². The average molecular weight is 208 g/mol. The Balaban J connectivity index is 0.